The number of amides is 1. The summed E-state index contributed by atoms with van der Waals surface area (Å²) in [6, 6.07) is 5.58. The lowest BCUT2D eigenvalue weighted by Crippen LogP contribution is -2.25. The number of esters is 1. The summed E-state index contributed by atoms with van der Waals surface area (Å²) in [5.74, 6) is 0.634. The van der Waals surface area contributed by atoms with Gasteiger partial charge in [-0.25, -0.2) is 4.98 Å². The molecule has 0 fully saturated rings. The van der Waals surface area contributed by atoms with E-state index in [-0.39, 0.29) is 24.6 Å². The van der Waals surface area contributed by atoms with E-state index in [0.29, 0.717) is 30.0 Å². The van der Waals surface area contributed by atoms with E-state index < -0.39 is 17.7 Å². The first-order valence-electron chi connectivity index (χ1n) is 10.3. The van der Waals surface area contributed by atoms with E-state index in [9.17, 15) is 14.7 Å². The highest BCUT2D eigenvalue weighted by Gasteiger charge is 2.18. The number of aliphatic hydroxyl groups is 1. The second-order valence-corrected chi connectivity index (χ2v) is 8.21. The molecule has 0 bridgehead atoms. The van der Waals surface area contributed by atoms with Gasteiger partial charge in [-0.05, 0) is 51.3 Å². The molecule has 1 aromatic carbocycles. The molecule has 9 nitrogen and oxygen atoms in total. The maximum absolute atomic E-state index is 12.1. The fourth-order valence-corrected chi connectivity index (χ4v) is 2.90. The summed E-state index contributed by atoms with van der Waals surface area (Å²) in [7, 11) is 3.14. The number of aromatic nitrogens is 2. The summed E-state index contributed by atoms with van der Waals surface area (Å²) in [5.41, 5.74) is 0.720. The van der Waals surface area contributed by atoms with Crippen molar-refractivity contribution in [3.8, 4) is 11.5 Å². The highest BCUT2D eigenvalue weighted by molar-refractivity contribution is 5.91. The minimum Gasteiger partial charge on any atom is -0.493 e. The highest BCUT2D eigenvalue weighted by Crippen LogP contribution is 2.29. The summed E-state index contributed by atoms with van der Waals surface area (Å²) in [5, 5.41) is 13.1. The van der Waals surface area contributed by atoms with Gasteiger partial charge in [0.1, 0.15) is 5.60 Å². The Morgan fingerprint density at radius 3 is 2.47 bits per heavy atom. The van der Waals surface area contributed by atoms with Gasteiger partial charge in [-0.2, -0.15) is 0 Å². The molecule has 1 amide bonds. The third-order valence-electron chi connectivity index (χ3n) is 4.39. The molecule has 0 aliphatic carbocycles. The van der Waals surface area contributed by atoms with Gasteiger partial charge >= 0.3 is 5.97 Å². The van der Waals surface area contributed by atoms with E-state index in [0.717, 1.165) is 5.56 Å². The Kier molecular flexibility index (Phi) is 8.95. The van der Waals surface area contributed by atoms with Gasteiger partial charge in [0.25, 0.3) is 0 Å². The molecule has 32 heavy (non-hydrogen) atoms. The zero-order valence-corrected chi connectivity index (χ0v) is 19.2. The Bertz CT molecular complexity index is 926. The molecular formula is C23H31N3O6. The third kappa shape index (κ3) is 8.14. The number of ether oxygens (including phenoxy) is 3. The Morgan fingerprint density at radius 2 is 1.81 bits per heavy atom. The minimum atomic E-state index is -0.866. The van der Waals surface area contributed by atoms with E-state index >= 15 is 0 Å². The smallest absolute Gasteiger partial charge is 0.306 e. The van der Waals surface area contributed by atoms with Gasteiger partial charge in [0, 0.05) is 6.42 Å². The molecule has 1 aromatic heterocycles. The second-order valence-electron chi connectivity index (χ2n) is 8.21. The zero-order valence-electron chi connectivity index (χ0n) is 19.2. The van der Waals surface area contributed by atoms with Crippen molar-refractivity contribution in [1.82, 2.24) is 9.97 Å². The van der Waals surface area contributed by atoms with Crippen molar-refractivity contribution < 1.29 is 28.9 Å². The fraction of sp³-hybridized carbons (Fsp3) is 0.478. The van der Waals surface area contributed by atoms with Crippen LogP contribution in [-0.4, -0.2) is 46.8 Å². The van der Waals surface area contributed by atoms with E-state index in [4.69, 9.17) is 14.2 Å². The van der Waals surface area contributed by atoms with Crippen molar-refractivity contribution in [2.45, 2.75) is 58.2 Å². The zero-order chi connectivity index (χ0) is 23.7. The number of carbonyl (C=O) groups is 2. The van der Waals surface area contributed by atoms with Crippen molar-refractivity contribution in [2.75, 3.05) is 19.5 Å². The molecule has 1 atom stereocenters. The first kappa shape index (κ1) is 25.1. The number of aliphatic hydroxyl groups excluding tert-OH is 1. The second kappa shape index (κ2) is 11.4. The minimum absolute atomic E-state index is 0.0375. The summed E-state index contributed by atoms with van der Waals surface area (Å²) < 4.78 is 15.7. The lowest BCUT2D eigenvalue weighted by atomic mass is 10.0. The molecule has 2 N–H and O–H groups in total. The summed E-state index contributed by atoms with van der Waals surface area (Å²) >= 11 is 0. The first-order valence-corrected chi connectivity index (χ1v) is 10.3. The van der Waals surface area contributed by atoms with Crippen LogP contribution in [0.2, 0.25) is 0 Å². The molecule has 2 aromatic rings. The van der Waals surface area contributed by atoms with Gasteiger partial charge in [-0.3, -0.25) is 14.6 Å². The lowest BCUT2D eigenvalue weighted by molar-refractivity contribution is -0.155. The molecule has 0 saturated heterocycles. The Hall–Kier alpha value is -3.20. The van der Waals surface area contributed by atoms with Crippen LogP contribution in [0.4, 0.5) is 5.82 Å². The monoisotopic (exact) mass is 445 g/mol. The van der Waals surface area contributed by atoms with Crippen LogP contribution in [0.1, 0.15) is 57.4 Å². The molecule has 0 aliphatic heterocycles. The quantitative estimate of drug-likeness (QED) is 0.535. The lowest BCUT2D eigenvalue weighted by Gasteiger charge is -2.19. The number of anilines is 1. The highest BCUT2D eigenvalue weighted by atomic mass is 16.6. The number of hydrogen-bond acceptors (Lipinski definition) is 8. The van der Waals surface area contributed by atoms with E-state index in [1.807, 2.05) is 18.2 Å². The fourth-order valence-electron chi connectivity index (χ4n) is 2.90. The SMILES string of the molecule is COc1ccc(CC[C@@H](O)c2cncc(NC(=O)CCC(=O)OC(C)(C)C)n2)cc1OC. The van der Waals surface area contributed by atoms with E-state index in [2.05, 4.69) is 15.3 Å². The number of hydrogen-bond donors (Lipinski definition) is 2. The number of aryl methyl sites for hydroxylation is 1. The largest absolute Gasteiger partial charge is 0.493 e. The maximum atomic E-state index is 12.1. The molecular weight excluding hydrogens is 414 g/mol. The van der Waals surface area contributed by atoms with E-state index in [1.165, 1.54) is 12.4 Å². The molecule has 9 heteroatoms. The van der Waals surface area contributed by atoms with Crippen LogP contribution in [0, 0.1) is 0 Å². The number of nitrogens with one attached hydrogen (secondary N) is 1. The van der Waals surface area contributed by atoms with Gasteiger partial charge in [-0.15, -0.1) is 0 Å². The molecule has 0 unspecified atom stereocenters. The Labute approximate surface area is 188 Å². The molecule has 2 rings (SSSR count). The Balaban J connectivity index is 1.90. The van der Waals surface area contributed by atoms with Crippen LogP contribution in [-0.2, 0) is 20.7 Å². The van der Waals surface area contributed by atoms with Crippen LogP contribution in [0.15, 0.2) is 30.6 Å². The molecule has 0 aliphatic rings. The van der Waals surface area contributed by atoms with Gasteiger partial charge in [0.15, 0.2) is 17.3 Å². The number of methoxy groups -OCH3 is 2. The maximum Gasteiger partial charge on any atom is 0.306 e. The number of benzene rings is 1. The van der Waals surface area contributed by atoms with Crippen molar-refractivity contribution in [2.24, 2.45) is 0 Å². The standard InChI is InChI=1S/C23H31N3O6/c1-23(2,3)32-22(29)11-10-21(28)26-20-14-24-13-16(25-20)17(27)8-6-15-7-9-18(30-4)19(12-15)31-5/h7,9,12-14,17,27H,6,8,10-11H2,1-5H3,(H,25,26,28)/t17-/m1/s1. The summed E-state index contributed by atoms with van der Waals surface area (Å²) in [4.78, 5) is 32.2. The van der Waals surface area contributed by atoms with Crippen LogP contribution in [0.25, 0.3) is 0 Å². The number of nitrogens with zero attached hydrogens (tertiary/aromatic N) is 2. The van der Waals surface area contributed by atoms with Crippen molar-refractivity contribution in [1.29, 1.82) is 0 Å². The number of rotatable bonds is 10. The van der Waals surface area contributed by atoms with Gasteiger partial charge < -0.3 is 24.6 Å². The first-order chi connectivity index (χ1) is 15.1. The third-order valence-corrected chi connectivity index (χ3v) is 4.39. The van der Waals surface area contributed by atoms with Crippen LogP contribution in [0.5, 0.6) is 11.5 Å². The van der Waals surface area contributed by atoms with Crippen LogP contribution >= 0.6 is 0 Å². The predicted molar refractivity (Wildman–Crippen MR) is 119 cm³/mol. The molecule has 0 spiro atoms. The van der Waals surface area contributed by atoms with Gasteiger partial charge in [-0.1, -0.05) is 6.07 Å². The summed E-state index contributed by atoms with van der Waals surface area (Å²) in [6.07, 6.45) is 2.88. The topological polar surface area (TPSA) is 120 Å². The van der Waals surface area contributed by atoms with Crippen LogP contribution in [0.3, 0.4) is 0 Å². The van der Waals surface area contributed by atoms with Gasteiger partial charge in [0.05, 0.1) is 44.8 Å². The summed E-state index contributed by atoms with van der Waals surface area (Å²) in [6.45, 7) is 5.30. The molecule has 1 heterocycles. The molecule has 174 valence electrons. The van der Waals surface area contributed by atoms with Gasteiger partial charge in [0.2, 0.25) is 5.91 Å². The normalized spacial score (nSPS) is 12.1. The van der Waals surface area contributed by atoms with Crippen molar-refractivity contribution in [3.63, 3.8) is 0 Å². The van der Waals surface area contributed by atoms with Crippen LogP contribution < -0.4 is 14.8 Å². The van der Waals surface area contributed by atoms with E-state index in [1.54, 1.807) is 35.0 Å². The van der Waals surface area contributed by atoms with Crippen molar-refractivity contribution in [3.05, 3.63) is 41.9 Å². The Morgan fingerprint density at radius 1 is 1.09 bits per heavy atom. The average molecular weight is 446 g/mol. The number of carbonyl (C=O) groups excluding carboxylic acids is 2. The average Bonchev–Trinajstić information content (AvgIpc) is 2.74. The van der Waals surface area contributed by atoms with Crippen molar-refractivity contribution >= 4 is 17.7 Å². The predicted octanol–water partition coefficient (Wildman–Crippen LogP) is 3.22. The molecule has 0 saturated carbocycles. The molecule has 0 radical (unpaired) electrons.